The third-order valence-electron chi connectivity index (χ3n) is 2.81. The van der Waals surface area contributed by atoms with E-state index < -0.39 is 0 Å². The normalized spacial score (nSPS) is 10.4. The van der Waals surface area contributed by atoms with Gasteiger partial charge in [0.15, 0.2) is 0 Å². The van der Waals surface area contributed by atoms with Crippen molar-refractivity contribution >= 4 is 21.6 Å². The predicted molar refractivity (Wildman–Crippen MR) is 76.1 cm³/mol. The summed E-state index contributed by atoms with van der Waals surface area (Å²) < 4.78 is 6.17. The lowest BCUT2D eigenvalue weighted by Crippen LogP contribution is -2.01. The summed E-state index contributed by atoms with van der Waals surface area (Å²) in [5.74, 6) is 0.842. The fourth-order valence-corrected chi connectivity index (χ4v) is 2.41. The van der Waals surface area contributed by atoms with Gasteiger partial charge in [-0.15, -0.1) is 0 Å². The van der Waals surface area contributed by atoms with E-state index in [1.54, 1.807) is 7.11 Å². The Bertz CT molecular complexity index is 532. The number of H-pyrrole nitrogens is 1. The number of nitrogens with zero attached hydrogens (tertiary/aromatic N) is 1. The molecule has 4 nitrogen and oxygen atoms in total. The van der Waals surface area contributed by atoms with Crippen molar-refractivity contribution in [1.82, 2.24) is 10.2 Å². The first-order chi connectivity index (χ1) is 8.61. The summed E-state index contributed by atoms with van der Waals surface area (Å²) in [6.45, 7) is 4.74. The van der Waals surface area contributed by atoms with Gasteiger partial charge in [0.05, 0.1) is 28.7 Å². The number of aryl methyl sites for hydroxylation is 2. The van der Waals surface area contributed by atoms with Gasteiger partial charge < -0.3 is 10.1 Å². The molecule has 0 radical (unpaired) electrons. The molecule has 0 amide bonds. The summed E-state index contributed by atoms with van der Waals surface area (Å²) in [7, 11) is 1.66. The molecule has 0 aliphatic heterocycles. The lowest BCUT2D eigenvalue weighted by Gasteiger charge is -2.09. The second-order valence-corrected chi connectivity index (χ2v) is 4.99. The summed E-state index contributed by atoms with van der Waals surface area (Å²) in [6, 6.07) is 6.05. The molecule has 5 heteroatoms. The molecule has 0 aliphatic carbocycles. The molecule has 2 rings (SSSR count). The first kappa shape index (κ1) is 13.0. The molecular weight excluding hydrogens is 294 g/mol. The van der Waals surface area contributed by atoms with Crippen LogP contribution in [0.4, 0.5) is 5.69 Å². The average Bonchev–Trinajstić information content (AvgIpc) is 2.67. The SMILES string of the molecule is COc1ccc(CNc2c(C)n[nH]c2C)cc1Br. The lowest BCUT2D eigenvalue weighted by atomic mass is 10.2. The minimum atomic E-state index is 0.754. The summed E-state index contributed by atoms with van der Waals surface area (Å²) in [4.78, 5) is 0. The van der Waals surface area contributed by atoms with E-state index in [-0.39, 0.29) is 0 Å². The van der Waals surface area contributed by atoms with Crippen LogP contribution in [-0.2, 0) is 6.54 Å². The van der Waals surface area contributed by atoms with Gasteiger partial charge in [0, 0.05) is 6.54 Å². The van der Waals surface area contributed by atoms with Crippen molar-refractivity contribution in [3.63, 3.8) is 0 Å². The number of benzene rings is 1. The summed E-state index contributed by atoms with van der Waals surface area (Å²) in [5.41, 5.74) is 4.30. The monoisotopic (exact) mass is 309 g/mol. The number of ether oxygens (including phenoxy) is 1. The van der Waals surface area contributed by atoms with E-state index in [2.05, 4.69) is 37.5 Å². The number of aromatic amines is 1. The van der Waals surface area contributed by atoms with E-state index in [9.17, 15) is 0 Å². The first-order valence-corrected chi connectivity index (χ1v) is 6.49. The maximum atomic E-state index is 5.21. The molecule has 96 valence electrons. The summed E-state index contributed by atoms with van der Waals surface area (Å²) >= 11 is 3.48. The molecule has 2 aromatic rings. The van der Waals surface area contributed by atoms with Crippen molar-refractivity contribution in [2.24, 2.45) is 0 Å². The van der Waals surface area contributed by atoms with Gasteiger partial charge in [0.25, 0.3) is 0 Å². The van der Waals surface area contributed by atoms with Gasteiger partial charge >= 0.3 is 0 Å². The third kappa shape index (κ3) is 2.67. The van der Waals surface area contributed by atoms with Crippen LogP contribution in [0.2, 0.25) is 0 Å². The average molecular weight is 310 g/mol. The summed E-state index contributed by atoms with van der Waals surface area (Å²) in [5, 5.41) is 10.5. The second kappa shape index (κ2) is 5.44. The van der Waals surface area contributed by atoms with Crippen LogP contribution in [0, 0.1) is 13.8 Å². The molecule has 1 aromatic carbocycles. The largest absolute Gasteiger partial charge is 0.496 e. The Morgan fingerprint density at radius 1 is 1.39 bits per heavy atom. The number of halogens is 1. The third-order valence-corrected chi connectivity index (χ3v) is 3.43. The standard InChI is InChI=1S/C13H16BrN3O/c1-8-13(9(2)17-16-8)15-7-10-4-5-12(18-3)11(14)6-10/h4-6,15H,7H2,1-3H3,(H,16,17). The van der Waals surface area contributed by atoms with Crippen molar-refractivity contribution in [3.05, 3.63) is 39.6 Å². The molecule has 0 spiro atoms. The van der Waals surface area contributed by atoms with Crippen molar-refractivity contribution in [3.8, 4) is 5.75 Å². The highest BCUT2D eigenvalue weighted by Crippen LogP contribution is 2.26. The van der Waals surface area contributed by atoms with Crippen LogP contribution in [0.1, 0.15) is 17.0 Å². The molecule has 0 fully saturated rings. The van der Waals surface area contributed by atoms with Crippen molar-refractivity contribution in [1.29, 1.82) is 0 Å². The molecule has 1 heterocycles. The molecule has 0 saturated carbocycles. The number of rotatable bonds is 4. The highest BCUT2D eigenvalue weighted by Gasteiger charge is 2.06. The van der Waals surface area contributed by atoms with E-state index in [1.165, 1.54) is 5.56 Å². The van der Waals surface area contributed by atoms with Crippen molar-refractivity contribution in [2.75, 3.05) is 12.4 Å². The second-order valence-electron chi connectivity index (χ2n) is 4.13. The van der Waals surface area contributed by atoms with Crippen LogP contribution >= 0.6 is 15.9 Å². The Hall–Kier alpha value is -1.49. The molecule has 0 unspecified atom stereocenters. The highest BCUT2D eigenvalue weighted by atomic mass is 79.9. The zero-order valence-corrected chi connectivity index (χ0v) is 12.3. The van der Waals surface area contributed by atoms with Crippen LogP contribution < -0.4 is 10.1 Å². The summed E-state index contributed by atoms with van der Waals surface area (Å²) in [6.07, 6.45) is 0. The number of anilines is 1. The van der Waals surface area contributed by atoms with Crippen LogP contribution in [0.5, 0.6) is 5.75 Å². The maximum Gasteiger partial charge on any atom is 0.133 e. The van der Waals surface area contributed by atoms with E-state index in [0.717, 1.165) is 33.8 Å². The zero-order chi connectivity index (χ0) is 13.1. The van der Waals surface area contributed by atoms with E-state index >= 15 is 0 Å². The first-order valence-electron chi connectivity index (χ1n) is 5.69. The Morgan fingerprint density at radius 3 is 2.72 bits per heavy atom. The van der Waals surface area contributed by atoms with Gasteiger partial charge in [0.2, 0.25) is 0 Å². The Balaban J connectivity index is 2.09. The number of hydrogen-bond acceptors (Lipinski definition) is 3. The fourth-order valence-electron chi connectivity index (χ4n) is 1.82. The maximum absolute atomic E-state index is 5.21. The molecule has 0 aliphatic rings. The Kier molecular flexibility index (Phi) is 3.91. The molecule has 18 heavy (non-hydrogen) atoms. The van der Waals surface area contributed by atoms with Crippen molar-refractivity contribution in [2.45, 2.75) is 20.4 Å². The van der Waals surface area contributed by atoms with Crippen LogP contribution in [0.25, 0.3) is 0 Å². The molecule has 0 saturated heterocycles. The van der Waals surface area contributed by atoms with Gasteiger partial charge in [-0.1, -0.05) is 6.07 Å². The van der Waals surface area contributed by atoms with E-state index in [1.807, 2.05) is 26.0 Å². The van der Waals surface area contributed by atoms with Gasteiger partial charge in [-0.25, -0.2) is 0 Å². The molecule has 2 N–H and O–H groups in total. The van der Waals surface area contributed by atoms with Gasteiger partial charge in [-0.2, -0.15) is 5.10 Å². The molecular formula is C13H16BrN3O. The van der Waals surface area contributed by atoms with Crippen LogP contribution in [-0.4, -0.2) is 17.3 Å². The smallest absolute Gasteiger partial charge is 0.133 e. The van der Waals surface area contributed by atoms with Crippen LogP contribution in [0.3, 0.4) is 0 Å². The lowest BCUT2D eigenvalue weighted by molar-refractivity contribution is 0.412. The molecule has 1 aromatic heterocycles. The number of hydrogen-bond donors (Lipinski definition) is 2. The van der Waals surface area contributed by atoms with Gasteiger partial charge in [-0.3, -0.25) is 5.10 Å². The molecule has 0 atom stereocenters. The molecule has 0 bridgehead atoms. The predicted octanol–water partition coefficient (Wildman–Crippen LogP) is 3.41. The zero-order valence-electron chi connectivity index (χ0n) is 10.7. The van der Waals surface area contributed by atoms with Crippen LogP contribution in [0.15, 0.2) is 22.7 Å². The minimum Gasteiger partial charge on any atom is -0.496 e. The quantitative estimate of drug-likeness (QED) is 0.910. The van der Waals surface area contributed by atoms with Gasteiger partial charge in [0.1, 0.15) is 5.75 Å². The van der Waals surface area contributed by atoms with Gasteiger partial charge in [-0.05, 0) is 47.5 Å². The number of nitrogens with one attached hydrogen (secondary N) is 2. The van der Waals surface area contributed by atoms with E-state index in [0.29, 0.717) is 0 Å². The minimum absolute atomic E-state index is 0.754. The number of methoxy groups -OCH3 is 1. The topological polar surface area (TPSA) is 49.9 Å². The number of aromatic nitrogens is 2. The highest BCUT2D eigenvalue weighted by molar-refractivity contribution is 9.10. The van der Waals surface area contributed by atoms with Crippen molar-refractivity contribution < 1.29 is 4.74 Å². The fraction of sp³-hybridized carbons (Fsp3) is 0.308. The van der Waals surface area contributed by atoms with E-state index in [4.69, 9.17) is 4.74 Å². The Labute approximate surface area is 115 Å². The Morgan fingerprint density at radius 2 is 2.17 bits per heavy atom.